The predicted octanol–water partition coefficient (Wildman–Crippen LogP) is 3.41. The summed E-state index contributed by atoms with van der Waals surface area (Å²) in [6.45, 7) is 3.13. The third-order valence-corrected chi connectivity index (χ3v) is 4.69. The van der Waals surface area contributed by atoms with Gasteiger partial charge in [-0.1, -0.05) is 24.3 Å². The Balaban J connectivity index is 1.64. The van der Waals surface area contributed by atoms with Crippen LogP contribution < -0.4 is 9.47 Å². The van der Waals surface area contributed by atoms with Crippen molar-refractivity contribution in [2.45, 2.75) is 26.4 Å². The number of carbonyl (C=O) groups is 1. The smallest absolute Gasteiger partial charge is 0.224 e. The van der Waals surface area contributed by atoms with Crippen molar-refractivity contribution in [2.24, 2.45) is 0 Å². The van der Waals surface area contributed by atoms with Crippen LogP contribution in [0.1, 0.15) is 17.5 Å². The lowest BCUT2D eigenvalue weighted by Crippen LogP contribution is -2.27. The molecule has 0 aliphatic heterocycles. The molecule has 1 heterocycles. The molecule has 6 heteroatoms. The fourth-order valence-corrected chi connectivity index (χ4v) is 3.23. The van der Waals surface area contributed by atoms with E-state index in [9.17, 15) is 4.79 Å². The second-order valence-electron chi connectivity index (χ2n) is 6.57. The number of fused-ring (bicyclic) bond motifs is 1. The van der Waals surface area contributed by atoms with E-state index in [4.69, 9.17) is 9.47 Å². The molecule has 6 nitrogen and oxygen atoms in total. The predicted molar refractivity (Wildman–Crippen MR) is 105 cm³/mol. The number of methoxy groups -OCH3 is 2. The normalized spacial score (nSPS) is 10.8. The van der Waals surface area contributed by atoms with Gasteiger partial charge in [-0.15, -0.1) is 0 Å². The molecule has 0 bridgehead atoms. The van der Waals surface area contributed by atoms with Crippen molar-refractivity contribution < 1.29 is 14.3 Å². The summed E-state index contributed by atoms with van der Waals surface area (Å²) in [5.74, 6) is 1.41. The zero-order valence-electron chi connectivity index (χ0n) is 16.2. The second-order valence-corrected chi connectivity index (χ2v) is 6.57. The van der Waals surface area contributed by atoms with Crippen molar-refractivity contribution in [1.29, 1.82) is 0 Å². The molecule has 0 spiro atoms. The minimum Gasteiger partial charge on any atom is -0.493 e. The fourth-order valence-electron chi connectivity index (χ4n) is 3.23. The van der Waals surface area contributed by atoms with Gasteiger partial charge in [0, 0.05) is 25.4 Å². The molecule has 0 radical (unpaired) electrons. The molecule has 3 aromatic rings. The largest absolute Gasteiger partial charge is 0.493 e. The summed E-state index contributed by atoms with van der Waals surface area (Å²) in [4.78, 5) is 14.3. The van der Waals surface area contributed by atoms with Crippen molar-refractivity contribution in [2.75, 3.05) is 21.3 Å². The number of hydrogen-bond donors (Lipinski definition) is 0. The van der Waals surface area contributed by atoms with Gasteiger partial charge >= 0.3 is 0 Å². The molecule has 0 aliphatic carbocycles. The van der Waals surface area contributed by atoms with Crippen molar-refractivity contribution in [3.05, 3.63) is 53.7 Å². The Kier molecular flexibility index (Phi) is 5.64. The molecule has 0 saturated heterocycles. The van der Waals surface area contributed by atoms with E-state index in [1.54, 1.807) is 19.1 Å². The van der Waals surface area contributed by atoms with Gasteiger partial charge in [0.25, 0.3) is 0 Å². The van der Waals surface area contributed by atoms with Gasteiger partial charge in [-0.2, -0.15) is 5.10 Å². The summed E-state index contributed by atoms with van der Waals surface area (Å²) >= 11 is 0. The number of para-hydroxylation sites is 1. The van der Waals surface area contributed by atoms with Crippen LogP contribution in [0.2, 0.25) is 0 Å². The Morgan fingerprint density at radius 1 is 1.15 bits per heavy atom. The average molecular weight is 367 g/mol. The monoisotopic (exact) mass is 367 g/mol. The molecule has 0 fully saturated rings. The molecule has 142 valence electrons. The molecule has 3 rings (SSSR count). The minimum absolute atomic E-state index is 0.0713. The van der Waals surface area contributed by atoms with Crippen molar-refractivity contribution >= 4 is 16.8 Å². The summed E-state index contributed by atoms with van der Waals surface area (Å²) in [7, 11) is 5.02. The van der Waals surface area contributed by atoms with Crippen molar-refractivity contribution in [3.8, 4) is 11.5 Å². The third-order valence-electron chi connectivity index (χ3n) is 4.69. The lowest BCUT2D eigenvalue weighted by atomic mass is 10.1. The molecule has 0 unspecified atom stereocenters. The highest BCUT2D eigenvalue weighted by atomic mass is 16.5. The van der Waals surface area contributed by atoms with E-state index in [1.165, 1.54) is 0 Å². The van der Waals surface area contributed by atoms with Gasteiger partial charge in [0.05, 0.1) is 32.5 Å². The van der Waals surface area contributed by atoms with E-state index in [0.29, 0.717) is 31.0 Å². The Morgan fingerprint density at radius 3 is 2.67 bits per heavy atom. The van der Waals surface area contributed by atoms with Gasteiger partial charge in [-0.05, 0) is 30.2 Å². The summed E-state index contributed by atoms with van der Waals surface area (Å²) in [6.07, 6.45) is 2.25. The minimum atomic E-state index is 0.0713. The first-order chi connectivity index (χ1) is 13.0. The van der Waals surface area contributed by atoms with Gasteiger partial charge in [0.1, 0.15) is 0 Å². The molecule has 0 saturated carbocycles. The first-order valence-electron chi connectivity index (χ1n) is 8.89. The van der Waals surface area contributed by atoms with Crippen LogP contribution in [0.4, 0.5) is 0 Å². The average Bonchev–Trinajstić information content (AvgIpc) is 3.10. The molecular weight excluding hydrogens is 342 g/mol. The Hall–Kier alpha value is -3.02. The third kappa shape index (κ3) is 4.05. The molecule has 0 atom stereocenters. The number of rotatable bonds is 7. The molecule has 0 N–H and O–H groups in total. The number of carbonyl (C=O) groups excluding carboxylic acids is 1. The van der Waals surface area contributed by atoms with Crippen molar-refractivity contribution in [3.63, 3.8) is 0 Å². The van der Waals surface area contributed by atoms with Crippen LogP contribution in [0.15, 0.2) is 42.6 Å². The first-order valence-corrected chi connectivity index (χ1v) is 8.89. The van der Waals surface area contributed by atoms with Crippen LogP contribution >= 0.6 is 0 Å². The lowest BCUT2D eigenvalue weighted by Gasteiger charge is -2.18. The summed E-state index contributed by atoms with van der Waals surface area (Å²) < 4.78 is 12.5. The van der Waals surface area contributed by atoms with Crippen LogP contribution in [0.3, 0.4) is 0 Å². The van der Waals surface area contributed by atoms with Gasteiger partial charge in [-0.25, -0.2) is 0 Å². The van der Waals surface area contributed by atoms with E-state index < -0.39 is 0 Å². The van der Waals surface area contributed by atoms with Crippen LogP contribution in [-0.4, -0.2) is 41.9 Å². The fraction of sp³-hybridized carbons (Fsp3) is 0.333. The lowest BCUT2D eigenvalue weighted by molar-refractivity contribution is -0.130. The van der Waals surface area contributed by atoms with Crippen LogP contribution in [0.5, 0.6) is 11.5 Å². The highest BCUT2D eigenvalue weighted by molar-refractivity contribution is 5.82. The molecule has 1 aromatic heterocycles. The van der Waals surface area contributed by atoms with E-state index >= 15 is 0 Å². The number of aromatic nitrogens is 2. The molecule has 0 aliphatic rings. The summed E-state index contributed by atoms with van der Waals surface area (Å²) in [5, 5.41) is 5.53. The van der Waals surface area contributed by atoms with Gasteiger partial charge in [-0.3, -0.25) is 9.48 Å². The highest BCUT2D eigenvalue weighted by Gasteiger charge is 2.13. The van der Waals surface area contributed by atoms with Crippen molar-refractivity contribution in [1.82, 2.24) is 14.7 Å². The maximum Gasteiger partial charge on any atom is 0.224 e. The zero-order valence-corrected chi connectivity index (χ0v) is 16.2. The van der Waals surface area contributed by atoms with Crippen LogP contribution in [0.25, 0.3) is 10.9 Å². The quantitative estimate of drug-likeness (QED) is 0.642. The Bertz CT molecular complexity index is 949. The number of amides is 1. The zero-order chi connectivity index (χ0) is 19.4. The first kappa shape index (κ1) is 18.8. The Labute approximate surface area is 159 Å². The van der Waals surface area contributed by atoms with Crippen LogP contribution in [0, 0.1) is 6.92 Å². The topological polar surface area (TPSA) is 56.6 Å². The maximum atomic E-state index is 12.6. The second kappa shape index (κ2) is 8.12. The van der Waals surface area contributed by atoms with E-state index in [-0.39, 0.29) is 5.91 Å². The highest BCUT2D eigenvalue weighted by Crippen LogP contribution is 2.28. The van der Waals surface area contributed by atoms with Crippen LogP contribution in [-0.2, 0) is 17.9 Å². The van der Waals surface area contributed by atoms with E-state index in [2.05, 4.69) is 18.1 Å². The number of hydrogen-bond acceptors (Lipinski definition) is 4. The number of benzene rings is 2. The Morgan fingerprint density at radius 2 is 1.93 bits per heavy atom. The number of aryl methyl sites for hydroxylation is 2. The SMILES string of the molecule is COc1ccc(CN(C)C(=O)CCn2ncc3cccc(C)c32)cc1OC. The number of nitrogens with zero attached hydrogens (tertiary/aromatic N) is 3. The molecule has 27 heavy (non-hydrogen) atoms. The van der Waals surface area contributed by atoms with Gasteiger partial charge in [0.2, 0.25) is 5.91 Å². The van der Waals surface area contributed by atoms with Gasteiger partial charge in [0.15, 0.2) is 11.5 Å². The van der Waals surface area contributed by atoms with Gasteiger partial charge < -0.3 is 14.4 Å². The van der Waals surface area contributed by atoms with E-state index in [0.717, 1.165) is 22.0 Å². The standard InChI is InChI=1S/C21H25N3O3/c1-15-6-5-7-17-13-22-24(21(15)17)11-10-20(25)23(2)14-16-8-9-18(26-3)19(12-16)27-4/h5-9,12-13H,10-11,14H2,1-4H3. The number of ether oxygens (including phenoxy) is 2. The van der Waals surface area contributed by atoms with E-state index in [1.807, 2.05) is 48.3 Å². The molecule has 2 aromatic carbocycles. The summed E-state index contributed by atoms with van der Waals surface area (Å²) in [5.41, 5.74) is 3.24. The molecule has 1 amide bonds. The maximum absolute atomic E-state index is 12.6. The molecular formula is C21H25N3O3. The summed E-state index contributed by atoms with van der Waals surface area (Å²) in [6, 6.07) is 11.8.